The Balaban J connectivity index is 1.96. The van der Waals surface area contributed by atoms with E-state index in [1.807, 2.05) is 18.2 Å². The van der Waals surface area contributed by atoms with Crippen LogP contribution in [0.4, 0.5) is 5.82 Å². The monoisotopic (exact) mass is 256 g/mol. The van der Waals surface area contributed by atoms with Crippen LogP contribution in [0.5, 0.6) is 0 Å². The summed E-state index contributed by atoms with van der Waals surface area (Å²) in [6.45, 7) is 0.574. The first-order chi connectivity index (χ1) is 9.08. The number of nitrogens with one attached hydrogen (secondary N) is 2. The summed E-state index contributed by atoms with van der Waals surface area (Å²) in [6, 6.07) is 5.59. The van der Waals surface area contributed by atoms with Gasteiger partial charge in [-0.2, -0.15) is 0 Å². The highest BCUT2D eigenvalue weighted by molar-refractivity contribution is 5.90. The normalized spacial score (nSPS) is 22.7. The number of rotatable bonds is 2. The van der Waals surface area contributed by atoms with Crippen molar-refractivity contribution in [2.24, 2.45) is 0 Å². The molecule has 3 rings (SSSR count). The van der Waals surface area contributed by atoms with Gasteiger partial charge in [-0.1, -0.05) is 6.07 Å². The van der Waals surface area contributed by atoms with Crippen LogP contribution in [-0.4, -0.2) is 28.0 Å². The molecular weight excluding hydrogens is 242 g/mol. The van der Waals surface area contributed by atoms with E-state index in [4.69, 9.17) is 11.5 Å². The van der Waals surface area contributed by atoms with Crippen molar-refractivity contribution in [3.05, 3.63) is 30.1 Å². The summed E-state index contributed by atoms with van der Waals surface area (Å²) in [6.07, 6.45) is 2.34. The maximum absolute atomic E-state index is 11.7. The van der Waals surface area contributed by atoms with E-state index < -0.39 is 5.54 Å². The average molecular weight is 256 g/mol. The number of aromatic nitrogens is 2. The van der Waals surface area contributed by atoms with E-state index in [0.717, 1.165) is 16.5 Å². The number of carbonyl (C=O) groups is 1. The third kappa shape index (κ3) is 2.00. The summed E-state index contributed by atoms with van der Waals surface area (Å²) in [5.74, 6) is 0.241. The second kappa shape index (κ2) is 4.17. The zero-order valence-electron chi connectivity index (χ0n) is 10.3. The van der Waals surface area contributed by atoms with Gasteiger partial charge in [0, 0.05) is 18.4 Å². The van der Waals surface area contributed by atoms with E-state index in [1.54, 1.807) is 0 Å². The van der Waals surface area contributed by atoms with Crippen molar-refractivity contribution < 1.29 is 4.79 Å². The molecule has 1 amide bonds. The number of amides is 1. The molecule has 1 saturated heterocycles. The lowest BCUT2D eigenvalue weighted by molar-refractivity contribution is -0.123. The Morgan fingerprint density at radius 3 is 3.00 bits per heavy atom. The fraction of sp³-hybridized carbons (Fsp3) is 0.308. The number of carbonyl (C=O) groups excluding carboxylic acids is 1. The Morgan fingerprint density at radius 2 is 2.26 bits per heavy atom. The summed E-state index contributed by atoms with van der Waals surface area (Å²) in [5.41, 5.74) is 14.6. The molecule has 6 nitrogen and oxygen atoms in total. The second-order valence-corrected chi connectivity index (χ2v) is 4.88. The van der Waals surface area contributed by atoms with E-state index >= 15 is 0 Å². The smallest absolute Gasteiger partial charge is 0.242 e. The molecule has 1 aliphatic heterocycles. The molecule has 2 aromatic rings. The second-order valence-electron chi connectivity index (χ2n) is 4.88. The minimum atomic E-state index is -1.06. The van der Waals surface area contributed by atoms with Crippen molar-refractivity contribution >= 4 is 22.6 Å². The predicted octanol–water partition coefficient (Wildman–Crippen LogP) is 0.296. The third-order valence-corrected chi connectivity index (χ3v) is 3.51. The van der Waals surface area contributed by atoms with Crippen LogP contribution in [0.1, 0.15) is 12.0 Å². The number of nitrogen functional groups attached to an aromatic ring is 1. The molecule has 0 bridgehead atoms. The Kier molecular flexibility index (Phi) is 2.60. The first-order valence-corrected chi connectivity index (χ1v) is 6.11. The highest BCUT2D eigenvalue weighted by Gasteiger charge is 2.39. The zero-order chi connectivity index (χ0) is 13.5. The first kappa shape index (κ1) is 11.9. The quantitative estimate of drug-likeness (QED) is 0.805. The van der Waals surface area contributed by atoms with Crippen molar-refractivity contribution in [2.45, 2.75) is 18.4 Å². The van der Waals surface area contributed by atoms with Gasteiger partial charge in [0.1, 0.15) is 17.7 Å². The molecule has 0 saturated carbocycles. The van der Waals surface area contributed by atoms with E-state index in [2.05, 4.69) is 15.3 Å². The van der Waals surface area contributed by atoms with E-state index in [1.165, 1.54) is 6.33 Å². The maximum atomic E-state index is 11.7. The van der Waals surface area contributed by atoms with Gasteiger partial charge in [0.15, 0.2) is 0 Å². The Hall–Kier alpha value is -2.21. The van der Waals surface area contributed by atoms with Crippen LogP contribution in [0.25, 0.3) is 10.9 Å². The van der Waals surface area contributed by atoms with Crippen molar-refractivity contribution in [3.63, 3.8) is 0 Å². The van der Waals surface area contributed by atoms with Crippen molar-refractivity contribution in [2.75, 3.05) is 12.3 Å². The van der Waals surface area contributed by atoms with Crippen LogP contribution in [0.15, 0.2) is 24.5 Å². The number of nitrogens with two attached hydrogens (primary N) is 1. The van der Waals surface area contributed by atoms with Gasteiger partial charge in [0.05, 0.1) is 5.52 Å². The number of hydrogen-bond donors (Lipinski definition) is 2. The van der Waals surface area contributed by atoms with Crippen LogP contribution >= 0.6 is 0 Å². The summed E-state index contributed by atoms with van der Waals surface area (Å²) < 4.78 is 0. The Morgan fingerprint density at radius 1 is 1.42 bits per heavy atom. The van der Waals surface area contributed by atoms with E-state index in [9.17, 15) is 4.79 Å². The van der Waals surface area contributed by atoms with Gasteiger partial charge >= 0.3 is 0 Å². The molecule has 1 aromatic heterocycles. The molecule has 6 heteroatoms. The van der Waals surface area contributed by atoms with Crippen LogP contribution < -0.4 is 16.8 Å². The molecule has 1 aromatic carbocycles. The SMILES string of the molecule is [NH][C@@]1(Cc2ccc3c(N)ncnc3c2)CCNC1=O. The van der Waals surface area contributed by atoms with Crippen molar-refractivity contribution in [3.8, 4) is 0 Å². The zero-order valence-corrected chi connectivity index (χ0v) is 10.3. The summed E-state index contributed by atoms with van der Waals surface area (Å²) in [4.78, 5) is 19.8. The van der Waals surface area contributed by atoms with E-state index in [0.29, 0.717) is 25.2 Å². The van der Waals surface area contributed by atoms with Gasteiger partial charge in [-0.05, 0) is 24.1 Å². The highest BCUT2D eigenvalue weighted by Crippen LogP contribution is 2.24. The average Bonchev–Trinajstić information content (AvgIpc) is 2.69. The Bertz CT molecular complexity index is 657. The third-order valence-electron chi connectivity index (χ3n) is 3.51. The summed E-state index contributed by atoms with van der Waals surface area (Å²) in [5, 5.41) is 3.50. The fourth-order valence-electron chi connectivity index (χ4n) is 2.42. The molecule has 4 N–H and O–H groups in total. The number of anilines is 1. The van der Waals surface area contributed by atoms with E-state index in [-0.39, 0.29) is 5.91 Å². The molecule has 0 unspecified atom stereocenters. The summed E-state index contributed by atoms with van der Waals surface area (Å²) >= 11 is 0. The molecule has 1 aliphatic rings. The van der Waals surface area contributed by atoms with Gasteiger partial charge in [-0.3, -0.25) is 4.79 Å². The number of nitrogens with zero attached hydrogens (tertiary/aromatic N) is 2. The minimum Gasteiger partial charge on any atom is -0.383 e. The van der Waals surface area contributed by atoms with Gasteiger partial charge < -0.3 is 11.1 Å². The minimum absolute atomic E-state index is 0.199. The number of fused-ring (bicyclic) bond motifs is 1. The van der Waals surface area contributed by atoms with Gasteiger partial charge in [-0.25, -0.2) is 15.7 Å². The first-order valence-electron chi connectivity index (χ1n) is 6.11. The topological polar surface area (TPSA) is 105 Å². The predicted molar refractivity (Wildman–Crippen MR) is 71.1 cm³/mol. The fourth-order valence-corrected chi connectivity index (χ4v) is 2.42. The molecule has 1 fully saturated rings. The summed E-state index contributed by atoms with van der Waals surface area (Å²) in [7, 11) is 0. The molecular formula is C13H14N5O. The molecule has 97 valence electrons. The van der Waals surface area contributed by atoms with Gasteiger partial charge in [0.2, 0.25) is 5.91 Å². The highest BCUT2D eigenvalue weighted by atomic mass is 16.2. The standard InChI is InChI=1S/C13H14N5O/c14-11-9-2-1-8(5-10(9)17-7-18-11)6-13(15)3-4-16-12(13)19/h1-2,5,7,15H,3-4,6H2,(H,16,19)(H2,14,17,18)/t13-/m1/s1. The number of benzene rings is 1. The molecule has 1 radical (unpaired) electrons. The molecule has 0 spiro atoms. The van der Waals surface area contributed by atoms with Crippen LogP contribution in [0.2, 0.25) is 0 Å². The maximum Gasteiger partial charge on any atom is 0.242 e. The van der Waals surface area contributed by atoms with Gasteiger partial charge in [-0.15, -0.1) is 0 Å². The molecule has 19 heavy (non-hydrogen) atoms. The molecule has 2 heterocycles. The van der Waals surface area contributed by atoms with Crippen molar-refractivity contribution in [1.29, 1.82) is 0 Å². The Labute approximate surface area is 110 Å². The molecule has 1 atom stereocenters. The number of hydrogen-bond acceptors (Lipinski definition) is 4. The van der Waals surface area contributed by atoms with Gasteiger partial charge in [0.25, 0.3) is 0 Å². The lowest BCUT2D eigenvalue weighted by atomic mass is 9.90. The van der Waals surface area contributed by atoms with Crippen LogP contribution in [0.3, 0.4) is 0 Å². The lowest BCUT2D eigenvalue weighted by Crippen LogP contribution is -2.41. The largest absolute Gasteiger partial charge is 0.383 e. The molecule has 0 aliphatic carbocycles. The van der Waals surface area contributed by atoms with Crippen LogP contribution in [-0.2, 0) is 11.2 Å². The van der Waals surface area contributed by atoms with Crippen LogP contribution in [0, 0.1) is 0 Å². The lowest BCUT2D eigenvalue weighted by Gasteiger charge is -2.19. The van der Waals surface area contributed by atoms with Crippen molar-refractivity contribution in [1.82, 2.24) is 21.0 Å².